The summed E-state index contributed by atoms with van der Waals surface area (Å²) in [7, 11) is -3.83. The van der Waals surface area contributed by atoms with E-state index in [1.54, 1.807) is 19.1 Å². The molecule has 0 atom stereocenters. The summed E-state index contributed by atoms with van der Waals surface area (Å²) in [5, 5.41) is 3.80. The molecule has 0 unspecified atom stereocenters. The smallest absolute Gasteiger partial charge is 0.338 e. The third-order valence-corrected chi connectivity index (χ3v) is 7.70. The zero-order chi connectivity index (χ0) is 23.6. The topological polar surface area (TPSA) is 103 Å². The van der Waals surface area contributed by atoms with Crippen molar-refractivity contribution in [1.29, 1.82) is 0 Å². The van der Waals surface area contributed by atoms with Crippen molar-refractivity contribution in [2.45, 2.75) is 37.7 Å². The lowest BCUT2D eigenvalue weighted by Gasteiger charge is -2.26. The summed E-state index contributed by atoms with van der Waals surface area (Å²) in [6.07, 6.45) is 2.53. The van der Waals surface area contributed by atoms with E-state index in [4.69, 9.17) is 20.9 Å². The summed E-state index contributed by atoms with van der Waals surface area (Å²) in [4.78, 5) is 16.5. The molecule has 1 aromatic heterocycles. The molecule has 2 aromatic carbocycles. The van der Waals surface area contributed by atoms with Crippen molar-refractivity contribution in [3.63, 3.8) is 0 Å². The summed E-state index contributed by atoms with van der Waals surface area (Å²) in [6.45, 7) is 2.13. The van der Waals surface area contributed by atoms with Gasteiger partial charge in [-0.1, -0.05) is 35.3 Å². The Hall–Kier alpha value is -2.82. The van der Waals surface area contributed by atoms with Crippen LogP contribution in [0.25, 0.3) is 11.4 Å². The second kappa shape index (κ2) is 9.58. The van der Waals surface area contributed by atoms with Crippen LogP contribution < -0.4 is 0 Å². The number of benzene rings is 2. The second-order valence-electron chi connectivity index (χ2n) is 7.66. The molecule has 33 heavy (non-hydrogen) atoms. The lowest BCUT2D eigenvalue weighted by Crippen LogP contribution is -2.35. The maximum absolute atomic E-state index is 13.8. The van der Waals surface area contributed by atoms with E-state index in [2.05, 4.69) is 10.1 Å². The molecule has 4 rings (SSSR count). The van der Waals surface area contributed by atoms with E-state index in [9.17, 15) is 17.6 Å². The molecule has 0 aliphatic carbocycles. The normalized spacial score (nSPS) is 14.9. The number of aryl methyl sites for hydroxylation is 1. The number of aromatic nitrogens is 2. The van der Waals surface area contributed by atoms with E-state index >= 15 is 0 Å². The standard InChI is InChI=1S/C22H21ClFN3O5S/c1-14-5-6-15(11-18(14)24)21-25-20(32-26-21)13-31-22(28)16-7-8-17(23)19(12-16)33(29,30)27-9-3-2-4-10-27/h5-8,11-12H,2-4,9-10,13H2,1H3. The minimum atomic E-state index is -3.83. The van der Waals surface area contributed by atoms with Gasteiger partial charge in [-0.3, -0.25) is 0 Å². The number of nitrogens with zero attached hydrogens (tertiary/aromatic N) is 3. The van der Waals surface area contributed by atoms with Crippen molar-refractivity contribution in [2.24, 2.45) is 0 Å². The molecule has 174 valence electrons. The second-order valence-corrected chi connectivity index (χ2v) is 9.98. The van der Waals surface area contributed by atoms with E-state index in [0.717, 1.165) is 19.3 Å². The molecule has 2 heterocycles. The van der Waals surface area contributed by atoms with Gasteiger partial charge in [0.25, 0.3) is 5.89 Å². The van der Waals surface area contributed by atoms with Gasteiger partial charge in [-0.15, -0.1) is 0 Å². The van der Waals surface area contributed by atoms with Gasteiger partial charge in [0, 0.05) is 18.7 Å². The number of rotatable bonds is 6. The Labute approximate surface area is 195 Å². The zero-order valence-electron chi connectivity index (χ0n) is 17.8. The van der Waals surface area contributed by atoms with Gasteiger partial charge >= 0.3 is 5.97 Å². The maximum atomic E-state index is 13.8. The Morgan fingerprint density at radius 3 is 2.67 bits per heavy atom. The summed E-state index contributed by atoms with van der Waals surface area (Å²) in [5.41, 5.74) is 0.932. The fourth-order valence-electron chi connectivity index (χ4n) is 3.45. The average molecular weight is 494 g/mol. The molecular weight excluding hydrogens is 473 g/mol. The summed E-state index contributed by atoms with van der Waals surface area (Å²) < 4.78 is 51.4. The molecule has 1 fully saturated rings. The van der Waals surface area contributed by atoms with Crippen LogP contribution in [-0.2, 0) is 21.4 Å². The lowest BCUT2D eigenvalue weighted by molar-refractivity contribution is 0.0429. The van der Waals surface area contributed by atoms with E-state index in [-0.39, 0.29) is 33.8 Å². The van der Waals surface area contributed by atoms with Gasteiger partial charge in [0.2, 0.25) is 15.8 Å². The zero-order valence-corrected chi connectivity index (χ0v) is 19.3. The van der Waals surface area contributed by atoms with Crippen LogP contribution in [0.1, 0.15) is 41.1 Å². The van der Waals surface area contributed by atoms with Crippen LogP contribution in [-0.4, -0.2) is 41.9 Å². The predicted molar refractivity (Wildman–Crippen MR) is 118 cm³/mol. The fourth-order valence-corrected chi connectivity index (χ4v) is 5.46. The SMILES string of the molecule is Cc1ccc(-c2noc(COC(=O)c3ccc(Cl)c(S(=O)(=O)N4CCCCC4)c3)n2)cc1F. The highest BCUT2D eigenvalue weighted by Crippen LogP contribution is 2.28. The van der Waals surface area contributed by atoms with Crippen LogP contribution in [0.15, 0.2) is 45.8 Å². The van der Waals surface area contributed by atoms with Crippen LogP contribution in [0.4, 0.5) is 4.39 Å². The number of halogens is 2. The Balaban J connectivity index is 1.47. The molecule has 11 heteroatoms. The molecule has 0 saturated carbocycles. The highest BCUT2D eigenvalue weighted by Gasteiger charge is 2.29. The van der Waals surface area contributed by atoms with Crippen molar-refractivity contribution < 1.29 is 26.9 Å². The van der Waals surface area contributed by atoms with Gasteiger partial charge in [-0.25, -0.2) is 17.6 Å². The monoisotopic (exact) mass is 493 g/mol. The number of carbonyl (C=O) groups excluding carboxylic acids is 1. The summed E-state index contributed by atoms with van der Waals surface area (Å²) >= 11 is 6.14. The number of piperidine rings is 1. The minimum Gasteiger partial charge on any atom is -0.452 e. The molecule has 3 aromatic rings. The highest BCUT2D eigenvalue weighted by atomic mass is 35.5. The van der Waals surface area contributed by atoms with Gasteiger partial charge in [-0.2, -0.15) is 9.29 Å². The van der Waals surface area contributed by atoms with Gasteiger partial charge < -0.3 is 9.26 Å². The molecule has 1 saturated heterocycles. The van der Waals surface area contributed by atoms with Gasteiger partial charge in [0.15, 0.2) is 6.61 Å². The van der Waals surface area contributed by atoms with E-state index in [0.29, 0.717) is 24.2 Å². The molecule has 0 bridgehead atoms. The highest BCUT2D eigenvalue weighted by molar-refractivity contribution is 7.89. The number of hydrogen-bond donors (Lipinski definition) is 0. The summed E-state index contributed by atoms with van der Waals surface area (Å²) in [5.74, 6) is -1.01. The quantitative estimate of drug-likeness (QED) is 0.470. The third kappa shape index (κ3) is 5.07. The Bertz CT molecular complexity index is 1290. The van der Waals surface area contributed by atoms with Crippen molar-refractivity contribution in [3.05, 3.63) is 64.3 Å². The van der Waals surface area contributed by atoms with Gasteiger partial charge in [0.1, 0.15) is 10.7 Å². The number of esters is 1. The minimum absolute atomic E-state index is 0.00876. The van der Waals surface area contributed by atoms with Crippen LogP contribution in [0.2, 0.25) is 5.02 Å². The molecule has 0 radical (unpaired) electrons. The first kappa shape index (κ1) is 23.3. The Morgan fingerprint density at radius 2 is 1.94 bits per heavy atom. The number of ether oxygens (including phenoxy) is 1. The predicted octanol–water partition coefficient (Wildman–Crippen LogP) is 4.37. The first-order chi connectivity index (χ1) is 15.8. The fraction of sp³-hybridized carbons (Fsp3) is 0.318. The number of hydrogen-bond acceptors (Lipinski definition) is 7. The first-order valence-corrected chi connectivity index (χ1v) is 12.1. The van der Waals surface area contributed by atoms with Crippen molar-refractivity contribution in [2.75, 3.05) is 13.1 Å². The lowest BCUT2D eigenvalue weighted by atomic mass is 10.1. The molecule has 0 amide bonds. The molecule has 1 aliphatic heterocycles. The third-order valence-electron chi connectivity index (χ3n) is 5.32. The van der Waals surface area contributed by atoms with Crippen LogP contribution in [0, 0.1) is 12.7 Å². The van der Waals surface area contributed by atoms with E-state index in [1.807, 2.05) is 0 Å². The molecule has 0 spiro atoms. The molecular formula is C22H21ClFN3O5S. The van der Waals surface area contributed by atoms with Crippen molar-refractivity contribution in [1.82, 2.24) is 14.4 Å². The van der Waals surface area contributed by atoms with Crippen LogP contribution in [0.3, 0.4) is 0 Å². The largest absolute Gasteiger partial charge is 0.452 e. The maximum Gasteiger partial charge on any atom is 0.338 e. The van der Waals surface area contributed by atoms with Crippen molar-refractivity contribution in [3.8, 4) is 11.4 Å². The molecule has 8 nitrogen and oxygen atoms in total. The Kier molecular flexibility index (Phi) is 6.78. The summed E-state index contributed by atoms with van der Waals surface area (Å²) in [6, 6.07) is 8.48. The number of sulfonamides is 1. The average Bonchev–Trinajstić information content (AvgIpc) is 3.29. The van der Waals surface area contributed by atoms with Crippen LogP contribution in [0.5, 0.6) is 0 Å². The molecule has 0 N–H and O–H groups in total. The van der Waals surface area contributed by atoms with E-state index in [1.165, 1.54) is 28.6 Å². The van der Waals surface area contributed by atoms with Crippen LogP contribution >= 0.6 is 11.6 Å². The van der Waals surface area contributed by atoms with E-state index < -0.39 is 21.8 Å². The van der Waals surface area contributed by atoms with Gasteiger partial charge in [0.05, 0.1) is 10.6 Å². The number of carbonyl (C=O) groups is 1. The molecule has 1 aliphatic rings. The Morgan fingerprint density at radius 1 is 1.18 bits per heavy atom. The van der Waals surface area contributed by atoms with Crippen molar-refractivity contribution >= 4 is 27.6 Å². The van der Waals surface area contributed by atoms with Gasteiger partial charge in [-0.05, 0) is 49.6 Å². The first-order valence-electron chi connectivity index (χ1n) is 10.3.